The molecule has 0 aliphatic heterocycles. The molecule has 4 rings (SSSR count). The van der Waals surface area contributed by atoms with Gasteiger partial charge >= 0.3 is 0 Å². The van der Waals surface area contributed by atoms with Gasteiger partial charge in [0.25, 0.3) is 0 Å². The van der Waals surface area contributed by atoms with Crippen molar-refractivity contribution in [3.05, 3.63) is 47.9 Å². The summed E-state index contributed by atoms with van der Waals surface area (Å²) < 4.78 is 3.10. The van der Waals surface area contributed by atoms with Crippen molar-refractivity contribution in [2.75, 3.05) is 0 Å². The van der Waals surface area contributed by atoms with E-state index >= 15 is 0 Å². The zero-order valence-electron chi connectivity index (χ0n) is 16.5. The summed E-state index contributed by atoms with van der Waals surface area (Å²) in [6.45, 7) is 4.47. The number of halogens is 1. The van der Waals surface area contributed by atoms with Crippen LogP contribution in [0.3, 0.4) is 0 Å². The lowest BCUT2D eigenvalue weighted by atomic mass is 9.95. The summed E-state index contributed by atoms with van der Waals surface area (Å²) in [7, 11) is 0. The zero-order chi connectivity index (χ0) is 20.2. The van der Waals surface area contributed by atoms with Crippen LogP contribution < -0.4 is 0 Å². The molecule has 1 aromatic carbocycles. The molecule has 2 unspecified atom stereocenters. The maximum Gasteiger partial charge on any atom is 0.0944 e. The Bertz CT molecular complexity index is 1090. The highest BCUT2D eigenvalue weighted by Gasteiger charge is 2.16. The van der Waals surface area contributed by atoms with Gasteiger partial charge in [0.2, 0.25) is 0 Å². The lowest BCUT2D eigenvalue weighted by Crippen LogP contribution is -2.02. The fourth-order valence-electron chi connectivity index (χ4n) is 3.61. The maximum atomic E-state index is 4.64. The summed E-state index contributed by atoms with van der Waals surface area (Å²) in [6.07, 6.45) is 9.32. The summed E-state index contributed by atoms with van der Waals surface area (Å²) >= 11 is 3.98. The average molecular weight is 535 g/mol. The standard InChI is InChI=1S/C21H23IN5PS/c1-3-5-6-14(4-2)18-9-10-19(26-25-18)17-8-7-16(20-21(17)29-13-23-20)15-11-24-27(12-15)28-22/h7-14,28H,3-6H2,1-2H3. The Balaban J connectivity index is 1.68. The van der Waals surface area contributed by atoms with Crippen LogP contribution in [0.15, 0.2) is 42.2 Å². The lowest BCUT2D eigenvalue weighted by molar-refractivity contribution is 0.552. The van der Waals surface area contributed by atoms with Gasteiger partial charge in [0.05, 0.1) is 39.7 Å². The van der Waals surface area contributed by atoms with Gasteiger partial charge in [-0.05, 0) is 47.0 Å². The first kappa shape index (κ1) is 20.8. The van der Waals surface area contributed by atoms with Gasteiger partial charge < -0.3 is 0 Å². The second-order valence-electron chi connectivity index (χ2n) is 7.04. The number of nitrogens with zero attached hydrogens (tertiary/aromatic N) is 5. The molecule has 0 aliphatic carbocycles. The lowest BCUT2D eigenvalue weighted by Gasteiger charge is -2.13. The first-order valence-electron chi connectivity index (χ1n) is 9.87. The third-order valence-electron chi connectivity index (χ3n) is 5.24. The molecule has 0 bridgehead atoms. The molecule has 2 atom stereocenters. The predicted molar refractivity (Wildman–Crippen MR) is 132 cm³/mol. The second kappa shape index (κ2) is 9.58. The van der Waals surface area contributed by atoms with Crippen LogP contribution in [0.25, 0.3) is 32.6 Å². The van der Waals surface area contributed by atoms with Crippen LogP contribution in [0.4, 0.5) is 0 Å². The van der Waals surface area contributed by atoms with E-state index in [0.717, 1.165) is 44.7 Å². The smallest absolute Gasteiger partial charge is 0.0944 e. The van der Waals surface area contributed by atoms with Crippen LogP contribution in [0, 0.1) is 0 Å². The van der Waals surface area contributed by atoms with Crippen molar-refractivity contribution in [2.24, 2.45) is 0 Å². The Morgan fingerprint density at radius 2 is 2.00 bits per heavy atom. The molecular formula is C21H23IN5PS. The van der Waals surface area contributed by atoms with Crippen molar-refractivity contribution in [3.8, 4) is 22.4 Å². The molecular weight excluding hydrogens is 512 g/mol. The Kier molecular flexibility index (Phi) is 6.88. The van der Waals surface area contributed by atoms with Gasteiger partial charge in [-0.15, -0.1) is 11.3 Å². The highest BCUT2D eigenvalue weighted by Crippen LogP contribution is 2.37. The van der Waals surface area contributed by atoms with Crippen LogP contribution in [0.2, 0.25) is 0 Å². The van der Waals surface area contributed by atoms with Crippen LogP contribution in [0.5, 0.6) is 0 Å². The molecule has 0 N–H and O–H groups in total. The molecule has 0 radical (unpaired) electrons. The van der Waals surface area contributed by atoms with Gasteiger partial charge in [-0.2, -0.15) is 15.3 Å². The molecule has 29 heavy (non-hydrogen) atoms. The highest BCUT2D eigenvalue weighted by atomic mass is 127. The molecule has 150 valence electrons. The first-order chi connectivity index (χ1) is 14.2. The zero-order valence-corrected chi connectivity index (χ0v) is 20.4. The van der Waals surface area contributed by atoms with Crippen molar-refractivity contribution < 1.29 is 0 Å². The van der Waals surface area contributed by atoms with Gasteiger partial charge in [-0.3, -0.25) is 0 Å². The molecule has 0 saturated heterocycles. The van der Waals surface area contributed by atoms with Gasteiger partial charge in [-0.1, -0.05) is 38.8 Å². The van der Waals surface area contributed by atoms with Crippen LogP contribution in [-0.2, 0) is 0 Å². The average Bonchev–Trinajstić information content (AvgIpc) is 3.44. The Morgan fingerprint density at radius 3 is 2.69 bits per heavy atom. The summed E-state index contributed by atoms with van der Waals surface area (Å²) in [6, 6.07) is 8.52. The molecule has 8 heteroatoms. The Hall–Kier alpha value is -1.44. The molecule has 0 saturated carbocycles. The number of fused-ring (bicyclic) bond motifs is 1. The number of unbranched alkanes of at least 4 members (excludes halogenated alkanes) is 1. The maximum absolute atomic E-state index is 4.64. The van der Waals surface area contributed by atoms with E-state index in [1.54, 1.807) is 11.3 Å². The molecule has 3 aromatic heterocycles. The van der Waals surface area contributed by atoms with Crippen LogP contribution in [-0.4, -0.2) is 24.7 Å². The summed E-state index contributed by atoms with van der Waals surface area (Å²) in [5, 5.41) is 13.6. The third kappa shape index (κ3) is 4.37. The molecule has 0 aliphatic rings. The van der Waals surface area contributed by atoms with E-state index < -0.39 is 0 Å². The van der Waals surface area contributed by atoms with E-state index in [0.29, 0.717) is 12.3 Å². The van der Waals surface area contributed by atoms with Crippen molar-refractivity contribution in [2.45, 2.75) is 45.4 Å². The van der Waals surface area contributed by atoms with Gasteiger partial charge in [0.15, 0.2) is 0 Å². The quantitative estimate of drug-likeness (QED) is 0.179. The summed E-state index contributed by atoms with van der Waals surface area (Å²) in [5.74, 6) is 0.498. The number of hydrogen-bond acceptors (Lipinski definition) is 5. The Labute approximate surface area is 189 Å². The molecule has 5 nitrogen and oxygen atoms in total. The number of aromatic nitrogens is 5. The van der Waals surface area contributed by atoms with E-state index in [2.05, 4.69) is 86.6 Å². The minimum absolute atomic E-state index is 0.498. The molecule has 4 aromatic rings. The molecule has 3 heterocycles. The summed E-state index contributed by atoms with van der Waals surface area (Å²) in [5.41, 5.74) is 8.22. The monoisotopic (exact) mass is 535 g/mol. The normalized spacial score (nSPS) is 12.9. The molecule has 0 spiro atoms. The van der Waals surface area contributed by atoms with E-state index in [4.69, 9.17) is 0 Å². The van der Waals surface area contributed by atoms with Gasteiger partial charge in [0, 0.05) is 28.8 Å². The van der Waals surface area contributed by atoms with Crippen LogP contribution >= 0.6 is 39.8 Å². The largest absolute Gasteiger partial charge is 0.245 e. The fraction of sp³-hybridized carbons (Fsp3) is 0.333. The number of rotatable bonds is 8. The predicted octanol–water partition coefficient (Wildman–Crippen LogP) is 7.09. The van der Waals surface area contributed by atoms with Crippen LogP contribution in [0.1, 0.15) is 51.1 Å². The SMILES string of the molecule is CCCCC(CC)c1ccc(-c2ccc(-c3cnn(PI)c3)c3ncsc23)nn1. The summed E-state index contributed by atoms with van der Waals surface area (Å²) in [4.78, 5) is 4.64. The number of benzene rings is 1. The van der Waals surface area contributed by atoms with Crippen molar-refractivity contribution in [3.63, 3.8) is 0 Å². The van der Waals surface area contributed by atoms with Crippen molar-refractivity contribution in [1.29, 1.82) is 0 Å². The van der Waals surface area contributed by atoms with E-state index in [-0.39, 0.29) is 0 Å². The van der Waals surface area contributed by atoms with E-state index in [1.807, 2.05) is 16.2 Å². The topological polar surface area (TPSA) is 56.5 Å². The third-order valence-corrected chi connectivity index (χ3v) is 8.00. The van der Waals surface area contributed by atoms with Crippen molar-refractivity contribution in [1.82, 2.24) is 24.7 Å². The van der Waals surface area contributed by atoms with E-state index in [1.165, 1.54) is 19.3 Å². The van der Waals surface area contributed by atoms with Gasteiger partial charge in [0.1, 0.15) is 0 Å². The highest BCUT2D eigenvalue weighted by molar-refractivity contribution is 14.2. The minimum atomic E-state index is 0.498. The van der Waals surface area contributed by atoms with E-state index in [9.17, 15) is 0 Å². The molecule has 0 amide bonds. The van der Waals surface area contributed by atoms with Crippen molar-refractivity contribution >= 4 is 50.0 Å². The second-order valence-corrected chi connectivity index (χ2v) is 9.97. The first-order valence-corrected chi connectivity index (χ1v) is 14.8. The Morgan fingerprint density at radius 1 is 1.14 bits per heavy atom. The van der Waals surface area contributed by atoms with Gasteiger partial charge in [-0.25, -0.2) is 9.44 Å². The fourth-order valence-corrected chi connectivity index (χ4v) is 5.53. The number of hydrogen-bond donors (Lipinski definition) is 0. The number of thiazole rings is 1. The molecule has 0 fully saturated rings. The minimum Gasteiger partial charge on any atom is -0.245 e.